The van der Waals surface area contributed by atoms with Crippen molar-refractivity contribution in [2.45, 2.75) is 125 Å². The molecule has 216 valence electrons. The smallest absolute Gasteiger partial charge is 0.311 e. The molecule has 1 aliphatic rings. The van der Waals surface area contributed by atoms with E-state index in [4.69, 9.17) is 14.6 Å². The predicted molar refractivity (Wildman–Crippen MR) is 160 cm³/mol. The van der Waals surface area contributed by atoms with Crippen LogP contribution in [0, 0.1) is 19.8 Å². The molecule has 0 spiro atoms. The summed E-state index contributed by atoms with van der Waals surface area (Å²) in [4.78, 5) is 23.3. The normalized spacial score (nSPS) is 18.2. The molecule has 39 heavy (non-hydrogen) atoms. The summed E-state index contributed by atoms with van der Waals surface area (Å²) in [5, 5.41) is 8.94. The molecule has 0 saturated heterocycles. The van der Waals surface area contributed by atoms with Gasteiger partial charge in [-0.25, -0.2) is 0 Å². The number of carboxylic acid groups (broad SMARTS) is 1. The molecule has 0 bridgehead atoms. The van der Waals surface area contributed by atoms with Crippen molar-refractivity contribution in [1.82, 2.24) is 0 Å². The Labute approximate surface area is 236 Å². The molecule has 0 radical (unpaired) electrons. The minimum Gasteiger partial charge on any atom is -0.487 e. The van der Waals surface area contributed by atoms with Gasteiger partial charge in [0, 0.05) is 12.8 Å². The van der Waals surface area contributed by atoms with E-state index in [0.29, 0.717) is 5.75 Å². The van der Waals surface area contributed by atoms with E-state index >= 15 is 0 Å². The fourth-order valence-corrected chi connectivity index (χ4v) is 5.02. The summed E-state index contributed by atoms with van der Waals surface area (Å²) in [6, 6.07) is 1.93. The molecular weight excluding hydrogens is 488 g/mol. The zero-order valence-corrected chi connectivity index (χ0v) is 25.5. The number of aryl methyl sites for hydroxylation is 1. The lowest BCUT2D eigenvalue weighted by atomic mass is 9.86. The summed E-state index contributed by atoms with van der Waals surface area (Å²) >= 11 is 0. The van der Waals surface area contributed by atoms with Crippen molar-refractivity contribution in [2.24, 2.45) is 5.92 Å². The molecule has 5 nitrogen and oxygen atoms in total. The summed E-state index contributed by atoms with van der Waals surface area (Å²) < 4.78 is 12.3. The Morgan fingerprint density at radius 1 is 1.00 bits per heavy atom. The monoisotopic (exact) mass is 538 g/mol. The molecule has 0 aliphatic carbocycles. The van der Waals surface area contributed by atoms with Crippen molar-refractivity contribution < 1.29 is 24.2 Å². The van der Waals surface area contributed by atoms with E-state index in [2.05, 4.69) is 52.8 Å². The highest BCUT2D eigenvalue weighted by Crippen LogP contribution is 2.42. The molecule has 5 heteroatoms. The summed E-state index contributed by atoms with van der Waals surface area (Å²) in [7, 11) is 0. The molecule has 2 atom stereocenters. The maximum Gasteiger partial charge on any atom is 0.311 e. The van der Waals surface area contributed by atoms with Gasteiger partial charge < -0.3 is 14.6 Å². The lowest BCUT2D eigenvalue weighted by molar-refractivity contribution is -0.139. The number of fused-ring (bicyclic) bond motifs is 1. The highest BCUT2D eigenvalue weighted by atomic mass is 16.5. The highest BCUT2D eigenvalue weighted by molar-refractivity contribution is 5.75. The SMILES string of the molecule is CC(C)=CCC/C(C)=C/CC/C(C)=C/CC[C@]1(C)CCc2cc(OC(=O)CC(C)CC(=O)O)c(C)c(C)c2O1. The highest BCUT2D eigenvalue weighted by Gasteiger charge is 2.33. The molecule has 1 N–H and O–H groups in total. The zero-order chi connectivity index (χ0) is 29.2. The van der Waals surface area contributed by atoms with Gasteiger partial charge in [0.2, 0.25) is 0 Å². The Bertz CT molecular complexity index is 1100. The van der Waals surface area contributed by atoms with Gasteiger partial charge in [0.05, 0.1) is 0 Å². The Kier molecular flexibility index (Phi) is 12.5. The average Bonchev–Trinajstić information content (AvgIpc) is 2.82. The number of carboxylic acids is 1. The number of rotatable bonds is 14. The van der Waals surface area contributed by atoms with Crippen molar-refractivity contribution >= 4 is 11.9 Å². The van der Waals surface area contributed by atoms with Crippen LogP contribution in [0.2, 0.25) is 0 Å². The number of hydrogen-bond donors (Lipinski definition) is 1. The van der Waals surface area contributed by atoms with Crippen molar-refractivity contribution in [3.05, 3.63) is 57.7 Å². The Morgan fingerprint density at radius 2 is 1.62 bits per heavy atom. The van der Waals surface area contributed by atoms with Crippen molar-refractivity contribution in [3.8, 4) is 11.5 Å². The average molecular weight is 539 g/mol. The van der Waals surface area contributed by atoms with Crippen LogP contribution in [0.1, 0.15) is 116 Å². The van der Waals surface area contributed by atoms with Gasteiger partial charge in [-0.3, -0.25) is 9.59 Å². The number of hydrogen-bond acceptors (Lipinski definition) is 4. The first-order valence-electron chi connectivity index (χ1n) is 14.5. The second kappa shape index (κ2) is 15.1. The van der Waals surface area contributed by atoms with Gasteiger partial charge in [0.25, 0.3) is 0 Å². The summed E-state index contributed by atoms with van der Waals surface area (Å²) in [5.74, 6) is -0.117. The van der Waals surface area contributed by atoms with Crippen LogP contribution >= 0.6 is 0 Å². The lowest BCUT2D eigenvalue weighted by Crippen LogP contribution is -2.36. The van der Waals surface area contributed by atoms with E-state index in [-0.39, 0.29) is 24.4 Å². The van der Waals surface area contributed by atoms with Crippen LogP contribution in [0.3, 0.4) is 0 Å². The van der Waals surface area contributed by atoms with E-state index in [0.717, 1.165) is 73.8 Å². The predicted octanol–water partition coefficient (Wildman–Crippen LogP) is 8.99. The minimum absolute atomic E-state index is 0.0496. The van der Waals surface area contributed by atoms with Gasteiger partial charge in [-0.15, -0.1) is 0 Å². The maximum atomic E-state index is 12.4. The van der Waals surface area contributed by atoms with Crippen molar-refractivity contribution in [2.75, 3.05) is 0 Å². The number of benzene rings is 1. The van der Waals surface area contributed by atoms with Crippen LogP contribution in [-0.4, -0.2) is 22.6 Å². The molecule has 0 amide bonds. The van der Waals surface area contributed by atoms with Gasteiger partial charge in [-0.1, -0.05) is 41.9 Å². The molecular formula is C34H50O5. The van der Waals surface area contributed by atoms with Crippen LogP contribution in [0.4, 0.5) is 0 Å². The first kappa shape index (κ1) is 32.4. The number of carbonyl (C=O) groups excluding carboxylic acids is 1. The largest absolute Gasteiger partial charge is 0.487 e. The van der Waals surface area contributed by atoms with E-state index in [1.807, 2.05) is 19.9 Å². The second-order valence-electron chi connectivity index (χ2n) is 12.0. The van der Waals surface area contributed by atoms with Gasteiger partial charge in [0.15, 0.2) is 0 Å². The summed E-state index contributed by atoms with van der Waals surface area (Å²) in [6.07, 6.45) is 15.2. The molecule has 1 heterocycles. The number of esters is 1. The standard InChI is InChI=1S/C34H50O5/c1-23(2)12-9-13-24(3)14-10-15-25(4)16-11-18-34(8)19-17-29-22-30(27(6)28(7)33(29)39-34)38-32(37)21-26(5)20-31(35)36/h12,14,16,22,26H,9-11,13,15,17-21H2,1-8H3,(H,35,36)/b24-14+,25-16+/t26?,34-/m1/s1. The van der Waals surface area contributed by atoms with Crippen molar-refractivity contribution in [3.63, 3.8) is 0 Å². The van der Waals surface area contributed by atoms with Gasteiger partial charge in [0.1, 0.15) is 17.1 Å². The maximum absolute atomic E-state index is 12.4. The van der Waals surface area contributed by atoms with E-state index in [1.54, 1.807) is 6.92 Å². The van der Waals surface area contributed by atoms with Crippen LogP contribution in [0.25, 0.3) is 0 Å². The van der Waals surface area contributed by atoms with Crippen LogP contribution in [-0.2, 0) is 16.0 Å². The summed E-state index contributed by atoms with van der Waals surface area (Å²) in [6.45, 7) is 16.7. The Balaban J connectivity index is 1.93. The van der Waals surface area contributed by atoms with Crippen LogP contribution < -0.4 is 9.47 Å². The lowest BCUT2D eigenvalue weighted by Gasteiger charge is -2.37. The first-order valence-corrected chi connectivity index (χ1v) is 14.5. The Hall–Kier alpha value is -2.82. The summed E-state index contributed by atoms with van der Waals surface area (Å²) in [5.41, 5.74) is 7.01. The third-order valence-corrected chi connectivity index (χ3v) is 7.69. The molecule has 0 saturated carbocycles. The number of carbonyl (C=O) groups is 2. The molecule has 0 fully saturated rings. The van der Waals surface area contributed by atoms with E-state index in [9.17, 15) is 9.59 Å². The second-order valence-corrected chi connectivity index (χ2v) is 12.0. The fraction of sp³-hybridized carbons (Fsp3) is 0.588. The van der Waals surface area contributed by atoms with Crippen LogP contribution in [0.15, 0.2) is 41.0 Å². The van der Waals surface area contributed by atoms with Crippen LogP contribution in [0.5, 0.6) is 11.5 Å². The molecule has 1 aromatic carbocycles. The Morgan fingerprint density at radius 3 is 2.23 bits per heavy atom. The van der Waals surface area contributed by atoms with Gasteiger partial charge >= 0.3 is 11.9 Å². The number of allylic oxidation sites excluding steroid dienone is 6. The molecule has 1 aliphatic heterocycles. The third kappa shape index (κ3) is 11.1. The molecule has 1 aromatic rings. The molecule has 2 rings (SSSR count). The quantitative estimate of drug-likeness (QED) is 0.145. The first-order chi connectivity index (χ1) is 18.3. The van der Waals surface area contributed by atoms with Crippen molar-refractivity contribution in [1.29, 1.82) is 0 Å². The molecule has 0 aromatic heterocycles. The third-order valence-electron chi connectivity index (χ3n) is 7.69. The van der Waals surface area contributed by atoms with Gasteiger partial charge in [-0.2, -0.15) is 0 Å². The minimum atomic E-state index is -0.907. The molecule has 1 unspecified atom stereocenters. The van der Waals surface area contributed by atoms with Gasteiger partial charge in [-0.05, 0) is 129 Å². The number of ether oxygens (including phenoxy) is 2. The topological polar surface area (TPSA) is 72.8 Å². The number of aliphatic carboxylic acids is 1. The zero-order valence-electron chi connectivity index (χ0n) is 25.5. The fourth-order valence-electron chi connectivity index (χ4n) is 5.02. The van der Waals surface area contributed by atoms with E-state index < -0.39 is 11.9 Å². The van der Waals surface area contributed by atoms with E-state index in [1.165, 1.54) is 16.7 Å².